The van der Waals surface area contributed by atoms with Crippen LogP contribution in [0.25, 0.3) is 10.9 Å². The highest BCUT2D eigenvalue weighted by Crippen LogP contribution is 2.32. The molecule has 2 aliphatic rings. The van der Waals surface area contributed by atoms with Crippen LogP contribution >= 0.6 is 11.8 Å². The van der Waals surface area contributed by atoms with Crippen LogP contribution < -0.4 is 5.32 Å². The number of nitrogens with one attached hydrogen (secondary N) is 2. The fourth-order valence-corrected chi connectivity index (χ4v) is 4.64. The van der Waals surface area contributed by atoms with Crippen LogP contribution in [0, 0.1) is 5.92 Å². The van der Waals surface area contributed by atoms with E-state index in [4.69, 9.17) is 4.74 Å². The molecule has 0 bridgehead atoms. The lowest BCUT2D eigenvalue weighted by molar-refractivity contribution is -0.126. The van der Waals surface area contributed by atoms with Crippen molar-refractivity contribution in [1.82, 2.24) is 15.2 Å². The van der Waals surface area contributed by atoms with E-state index in [1.807, 2.05) is 12.1 Å². The molecule has 2 aromatic rings. The number of aromatic amines is 1. The van der Waals surface area contributed by atoms with E-state index in [1.54, 1.807) is 6.07 Å². The van der Waals surface area contributed by atoms with Crippen LogP contribution in [0.4, 0.5) is 4.79 Å². The van der Waals surface area contributed by atoms with Gasteiger partial charge in [-0.05, 0) is 48.9 Å². The number of hydrogen-bond acceptors (Lipinski definition) is 6. The quantitative estimate of drug-likeness (QED) is 0.682. The molecular weight excluding hydrogens is 406 g/mol. The van der Waals surface area contributed by atoms with E-state index in [9.17, 15) is 19.2 Å². The molecule has 0 radical (unpaired) electrons. The average Bonchev–Trinajstić information content (AvgIpc) is 3.25. The van der Waals surface area contributed by atoms with Crippen molar-refractivity contribution >= 4 is 45.7 Å². The Labute approximate surface area is 177 Å². The summed E-state index contributed by atoms with van der Waals surface area (Å²) in [5, 5.41) is 3.28. The molecule has 158 valence electrons. The van der Waals surface area contributed by atoms with Crippen molar-refractivity contribution < 1.29 is 23.9 Å². The first-order valence-corrected chi connectivity index (χ1v) is 11.0. The summed E-state index contributed by atoms with van der Waals surface area (Å²) >= 11 is 0.947. The number of aryl methyl sites for hydroxylation is 1. The molecule has 1 aromatic heterocycles. The lowest BCUT2D eigenvalue weighted by atomic mass is 9.87. The van der Waals surface area contributed by atoms with E-state index in [0.717, 1.165) is 46.8 Å². The topological polar surface area (TPSA) is 109 Å². The highest BCUT2D eigenvalue weighted by molar-refractivity contribution is 8.14. The zero-order valence-electron chi connectivity index (χ0n) is 16.7. The summed E-state index contributed by atoms with van der Waals surface area (Å²) in [4.78, 5) is 51.9. The molecule has 1 saturated heterocycles. The largest absolute Gasteiger partial charge is 0.452 e. The maximum Gasteiger partial charge on any atom is 0.338 e. The minimum atomic E-state index is -0.563. The van der Waals surface area contributed by atoms with Gasteiger partial charge in [-0.1, -0.05) is 18.7 Å². The Bertz CT molecular complexity index is 1020. The van der Waals surface area contributed by atoms with Crippen molar-refractivity contribution in [3.05, 3.63) is 35.0 Å². The maximum atomic E-state index is 12.4. The number of fused-ring (bicyclic) bond motifs is 3. The summed E-state index contributed by atoms with van der Waals surface area (Å²) in [6.07, 6.45) is 3.15. The van der Waals surface area contributed by atoms with Gasteiger partial charge in [0.1, 0.15) is 0 Å². The van der Waals surface area contributed by atoms with E-state index in [2.05, 4.69) is 17.2 Å². The van der Waals surface area contributed by atoms with Crippen molar-refractivity contribution in [3.8, 4) is 0 Å². The number of benzene rings is 1. The first-order valence-electron chi connectivity index (χ1n) is 9.97. The third kappa shape index (κ3) is 4.21. The Kier molecular flexibility index (Phi) is 5.80. The zero-order chi connectivity index (χ0) is 21.3. The number of amides is 3. The molecule has 3 amide bonds. The van der Waals surface area contributed by atoms with Crippen LogP contribution in [0.3, 0.4) is 0 Å². The Morgan fingerprint density at radius 1 is 1.33 bits per heavy atom. The SMILES string of the molecule is CC1CCc2[nH]c3ccc(C(=O)OCC(=O)NCCN4C(=O)CSC4=O)cc3c2C1. The van der Waals surface area contributed by atoms with E-state index < -0.39 is 18.5 Å². The molecule has 1 aromatic carbocycles. The van der Waals surface area contributed by atoms with Gasteiger partial charge in [0.05, 0.1) is 11.3 Å². The molecule has 2 N–H and O–H groups in total. The molecule has 1 aliphatic carbocycles. The Balaban J connectivity index is 1.31. The van der Waals surface area contributed by atoms with Gasteiger partial charge < -0.3 is 15.0 Å². The molecule has 1 unspecified atom stereocenters. The summed E-state index contributed by atoms with van der Waals surface area (Å²) in [6.45, 7) is 2.04. The van der Waals surface area contributed by atoms with Crippen molar-refractivity contribution in [2.75, 3.05) is 25.4 Å². The Morgan fingerprint density at radius 3 is 2.93 bits per heavy atom. The molecule has 1 fully saturated rings. The minimum Gasteiger partial charge on any atom is -0.452 e. The standard InChI is InChI=1S/C21H23N3O5S/c1-12-2-4-16-14(8-12)15-9-13(3-5-17(15)23-16)20(27)29-10-18(25)22-6-7-24-19(26)11-30-21(24)28/h3,5,9,12,23H,2,4,6-8,10-11H2,1H3,(H,22,25). The number of carbonyl (C=O) groups excluding carboxylic acids is 4. The van der Waals surface area contributed by atoms with E-state index in [1.165, 1.54) is 11.3 Å². The monoisotopic (exact) mass is 429 g/mol. The van der Waals surface area contributed by atoms with E-state index >= 15 is 0 Å². The summed E-state index contributed by atoms with van der Waals surface area (Å²) in [7, 11) is 0. The first-order chi connectivity index (χ1) is 14.4. The number of thioether (sulfide) groups is 1. The minimum absolute atomic E-state index is 0.109. The normalized spacial score (nSPS) is 18.6. The second-order valence-corrected chi connectivity index (χ2v) is 8.64. The Hall–Kier alpha value is -2.81. The van der Waals surface area contributed by atoms with Gasteiger partial charge in [0, 0.05) is 29.7 Å². The van der Waals surface area contributed by atoms with Crippen LogP contribution in [0.5, 0.6) is 0 Å². The molecule has 9 heteroatoms. The number of H-pyrrole nitrogens is 1. The van der Waals surface area contributed by atoms with Crippen molar-refractivity contribution in [2.45, 2.75) is 26.2 Å². The average molecular weight is 429 g/mol. The molecule has 2 heterocycles. The van der Waals surface area contributed by atoms with Crippen LogP contribution in [0.1, 0.15) is 35.0 Å². The van der Waals surface area contributed by atoms with Crippen molar-refractivity contribution in [2.24, 2.45) is 5.92 Å². The third-order valence-corrected chi connectivity index (χ3v) is 6.36. The summed E-state index contributed by atoms with van der Waals surface area (Å²) in [6, 6.07) is 5.39. The number of hydrogen-bond donors (Lipinski definition) is 2. The van der Waals surface area contributed by atoms with Crippen LogP contribution in [0.15, 0.2) is 18.2 Å². The number of esters is 1. The highest BCUT2D eigenvalue weighted by Gasteiger charge is 2.29. The second kappa shape index (κ2) is 8.51. The van der Waals surface area contributed by atoms with Crippen LogP contribution in [-0.4, -0.2) is 58.4 Å². The maximum absolute atomic E-state index is 12.4. The van der Waals surface area contributed by atoms with Crippen molar-refractivity contribution in [3.63, 3.8) is 0 Å². The molecule has 0 spiro atoms. The number of nitrogens with zero attached hydrogens (tertiary/aromatic N) is 1. The number of rotatable bonds is 6. The number of carbonyl (C=O) groups is 4. The predicted molar refractivity (Wildman–Crippen MR) is 112 cm³/mol. The van der Waals surface area contributed by atoms with Gasteiger partial charge in [0.15, 0.2) is 6.61 Å². The van der Waals surface area contributed by atoms with Crippen LogP contribution in [0.2, 0.25) is 0 Å². The first kappa shape index (κ1) is 20.5. The summed E-state index contributed by atoms with van der Waals surface area (Å²) < 4.78 is 5.13. The number of ether oxygens (including phenoxy) is 1. The van der Waals surface area contributed by atoms with Gasteiger partial charge in [-0.3, -0.25) is 19.3 Å². The van der Waals surface area contributed by atoms with Gasteiger partial charge in [0.2, 0.25) is 5.91 Å². The lowest BCUT2D eigenvalue weighted by Gasteiger charge is -2.18. The molecule has 0 saturated carbocycles. The van der Waals surface area contributed by atoms with Crippen LogP contribution in [-0.2, 0) is 27.2 Å². The zero-order valence-corrected chi connectivity index (χ0v) is 17.5. The van der Waals surface area contributed by atoms with Gasteiger partial charge in [-0.25, -0.2) is 4.79 Å². The van der Waals surface area contributed by atoms with Gasteiger partial charge >= 0.3 is 5.97 Å². The fourth-order valence-electron chi connectivity index (χ4n) is 3.89. The fraction of sp³-hybridized carbons (Fsp3) is 0.429. The van der Waals surface area contributed by atoms with Gasteiger partial charge in [-0.2, -0.15) is 0 Å². The van der Waals surface area contributed by atoms with E-state index in [-0.39, 0.29) is 30.0 Å². The smallest absolute Gasteiger partial charge is 0.338 e. The molecule has 8 nitrogen and oxygen atoms in total. The molecular formula is C21H23N3O5S. The van der Waals surface area contributed by atoms with Crippen molar-refractivity contribution in [1.29, 1.82) is 0 Å². The second-order valence-electron chi connectivity index (χ2n) is 7.72. The predicted octanol–water partition coefficient (Wildman–Crippen LogP) is 2.26. The highest BCUT2D eigenvalue weighted by atomic mass is 32.2. The number of aromatic nitrogens is 1. The lowest BCUT2D eigenvalue weighted by Crippen LogP contribution is -2.38. The molecule has 1 aliphatic heterocycles. The molecule has 30 heavy (non-hydrogen) atoms. The van der Waals surface area contributed by atoms with Gasteiger partial charge in [0.25, 0.3) is 11.1 Å². The summed E-state index contributed by atoms with van der Waals surface area (Å²) in [5.74, 6) is -0.558. The third-order valence-electron chi connectivity index (χ3n) is 5.50. The molecule has 1 atom stereocenters. The molecule has 4 rings (SSSR count). The summed E-state index contributed by atoms with van der Waals surface area (Å²) in [5.41, 5.74) is 3.91. The number of imide groups is 1. The van der Waals surface area contributed by atoms with Gasteiger partial charge in [-0.15, -0.1) is 0 Å². The Morgan fingerprint density at radius 2 is 2.17 bits per heavy atom. The van der Waals surface area contributed by atoms with E-state index in [0.29, 0.717) is 11.5 Å².